The molecule has 1 rings (SSSR count). The number of nitrogens with two attached hydrogens (primary N) is 1. The fourth-order valence-corrected chi connectivity index (χ4v) is 3.65. The quantitative estimate of drug-likeness (QED) is 0.115. The molecule has 0 aliphatic carbocycles. The van der Waals surface area contributed by atoms with Crippen molar-refractivity contribution in [3.05, 3.63) is 35.9 Å². The number of carbonyl (C=O) groups excluding carboxylic acids is 4. The molecule has 0 saturated heterocycles. The number of carbonyl (C=O) groups is 6. The lowest BCUT2D eigenvalue weighted by molar-refractivity contribution is -0.144. The molecule has 1 aromatic carbocycles. The van der Waals surface area contributed by atoms with Gasteiger partial charge < -0.3 is 42.3 Å². The minimum atomic E-state index is -1.69. The first-order valence-corrected chi connectivity index (χ1v) is 12.8. The van der Waals surface area contributed by atoms with Crippen molar-refractivity contribution in [3.8, 4) is 0 Å². The Labute approximate surface area is 232 Å². The van der Waals surface area contributed by atoms with Crippen molar-refractivity contribution in [3.63, 3.8) is 0 Å². The highest BCUT2D eigenvalue weighted by Gasteiger charge is 2.34. The minimum Gasteiger partial charge on any atom is -0.481 e. The Morgan fingerprint density at radius 2 is 1.35 bits per heavy atom. The molecule has 14 nitrogen and oxygen atoms in total. The van der Waals surface area contributed by atoms with Gasteiger partial charge >= 0.3 is 11.9 Å². The van der Waals surface area contributed by atoms with E-state index in [1.54, 1.807) is 30.3 Å². The number of aliphatic carboxylic acids is 2. The van der Waals surface area contributed by atoms with Gasteiger partial charge in [0.2, 0.25) is 23.6 Å². The number of amides is 4. The number of carboxylic acid groups (broad SMARTS) is 2. The third-order valence-electron chi connectivity index (χ3n) is 5.79. The Morgan fingerprint density at radius 3 is 1.85 bits per heavy atom. The van der Waals surface area contributed by atoms with Crippen LogP contribution in [0.4, 0.5) is 0 Å². The van der Waals surface area contributed by atoms with Crippen LogP contribution in [0.2, 0.25) is 0 Å². The Morgan fingerprint density at radius 1 is 0.775 bits per heavy atom. The number of carboxylic acids is 2. The maximum Gasteiger partial charge on any atom is 0.326 e. The molecule has 222 valence electrons. The standard InChI is InChI=1S/C26H39N5O9/c1-13(2)10-17(27)23(36)28-14(3)22(35)29-18(12-20(33)34)24(37)31-21(15(4)32)25(38)30-19(26(39)40)11-16-8-6-5-7-9-16/h5-9,13-15,17-19,21,32H,10-12,27H2,1-4H3,(H,28,36)(H,29,35)(H,30,38)(H,31,37)(H,33,34)(H,39,40)/t14-,15+,17-,18-,19-,21-/m0/s1. The van der Waals surface area contributed by atoms with Crippen LogP contribution in [-0.4, -0.2) is 87.2 Å². The maximum atomic E-state index is 12.9. The highest BCUT2D eigenvalue weighted by Crippen LogP contribution is 2.06. The fourth-order valence-electron chi connectivity index (χ4n) is 3.65. The number of nitrogens with one attached hydrogen (secondary N) is 4. The summed E-state index contributed by atoms with van der Waals surface area (Å²) in [5, 5.41) is 38.0. The van der Waals surface area contributed by atoms with Gasteiger partial charge in [0.25, 0.3) is 0 Å². The smallest absolute Gasteiger partial charge is 0.326 e. The maximum absolute atomic E-state index is 12.9. The Bertz CT molecular complexity index is 1050. The molecular weight excluding hydrogens is 526 g/mol. The van der Waals surface area contributed by atoms with Gasteiger partial charge in [-0.05, 0) is 31.7 Å². The third kappa shape index (κ3) is 11.8. The molecule has 0 aromatic heterocycles. The first kappa shape index (κ1) is 34.0. The SMILES string of the molecule is CC(C)C[C@H](N)C(=O)N[C@@H](C)C(=O)N[C@@H](CC(=O)O)C(=O)N[C@H](C(=O)N[C@@H](Cc1ccccc1)C(=O)O)[C@@H](C)O. The van der Waals surface area contributed by atoms with Gasteiger partial charge in [0.1, 0.15) is 24.2 Å². The molecule has 0 heterocycles. The van der Waals surface area contributed by atoms with Crippen molar-refractivity contribution < 1.29 is 44.1 Å². The van der Waals surface area contributed by atoms with Crippen molar-refractivity contribution in [1.82, 2.24) is 21.3 Å². The zero-order valence-electron chi connectivity index (χ0n) is 22.9. The summed E-state index contributed by atoms with van der Waals surface area (Å²) in [4.78, 5) is 73.7. The zero-order chi connectivity index (χ0) is 30.6. The largest absolute Gasteiger partial charge is 0.481 e. The average molecular weight is 566 g/mol. The first-order valence-electron chi connectivity index (χ1n) is 12.8. The van der Waals surface area contributed by atoms with E-state index in [1.807, 2.05) is 13.8 Å². The van der Waals surface area contributed by atoms with Crippen LogP contribution in [0.1, 0.15) is 46.1 Å². The van der Waals surface area contributed by atoms with Gasteiger partial charge in [0.05, 0.1) is 18.6 Å². The van der Waals surface area contributed by atoms with Crippen molar-refractivity contribution in [2.75, 3.05) is 0 Å². The van der Waals surface area contributed by atoms with Crippen molar-refractivity contribution in [2.45, 2.75) is 83.3 Å². The number of hydrogen-bond acceptors (Lipinski definition) is 8. The molecule has 9 N–H and O–H groups in total. The van der Waals surface area contributed by atoms with E-state index in [1.165, 1.54) is 13.8 Å². The molecule has 40 heavy (non-hydrogen) atoms. The van der Waals surface area contributed by atoms with Crippen LogP contribution in [0.5, 0.6) is 0 Å². The monoisotopic (exact) mass is 565 g/mol. The topological polar surface area (TPSA) is 237 Å². The lowest BCUT2D eigenvalue weighted by Gasteiger charge is -2.26. The fraction of sp³-hybridized carbons (Fsp3) is 0.538. The van der Waals surface area contributed by atoms with Crippen LogP contribution in [0.25, 0.3) is 0 Å². The second-order valence-electron chi connectivity index (χ2n) is 9.94. The van der Waals surface area contributed by atoms with Gasteiger partial charge in [0.15, 0.2) is 0 Å². The molecule has 6 atom stereocenters. The Balaban J connectivity index is 2.95. The van der Waals surface area contributed by atoms with E-state index in [2.05, 4.69) is 21.3 Å². The summed E-state index contributed by atoms with van der Waals surface area (Å²) in [6.07, 6.45) is -2.12. The molecular formula is C26H39N5O9. The van der Waals surface area contributed by atoms with E-state index in [9.17, 15) is 44.1 Å². The van der Waals surface area contributed by atoms with Crippen LogP contribution >= 0.6 is 0 Å². The van der Waals surface area contributed by atoms with Crippen LogP contribution in [-0.2, 0) is 35.2 Å². The van der Waals surface area contributed by atoms with Crippen LogP contribution in [0.3, 0.4) is 0 Å². The lowest BCUT2D eigenvalue weighted by Crippen LogP contribution is -2.60. The molecule has 0 radical (unpaired) electrons. The van der Waals surface area contributed by atoms with Crippen LogP contribution in [0, 0.1) is 5.92 Å². The first-order chi connectivity index (χ1) is 18.6. The van der Waals surface area contributed by atoms with Gasteiger partial charge in [-0.2, -0.15) is 0 Å². The summed E-state index contributed by atoms with van der Waals surface area (Å²) < 4.78 is 0. The minimum absolute atomic E-state index is 0.0788. The molecule has 0 spiro atoms. The van der Waals surface area contributed by atoms with Crippen molar-refractivity contribution in [1.29, 1.82) is 0 Å². The van der Waals surface area contributed by atoms with Gasteiger partial charge in [-0.25, -0.2) is 4.79 Å². The number of hydrogen-bond donors (Lipinski definition) is 8. The number of benzene rings is 1. The molecule has 14 heteroatoms. The van der Waals surface area contributed by atoms with E-state index in [0.717, 1.165) is 0 Å². The molecule has 0 aliphatic rings. The molecule has 0 bridgehead atoms. The zero-order valence-corrected chi connectivity index (χ0v) is 22.9. The van der Waals surface area contributed by atoms with Crippen molar-refractivity contribution in [2.24, 2.45) is 11.7 Å². The van der Waals surface area contributed by atoms with E-state index < -0.39 is 78.3 Å². The summed E-state index contributed by atoms with van der Waals surface area (Å²) in [5.74, 6) is -6.34. The van der Waals surface area contributed by atoms with E-state index >= 15 is 0 Å². The molecule has 4 amide bonds. The molecule has 0 fully saturated rings. The molecule has 0 aliphatic heterocycles. The Hall–Kier alpha value is -4.04. The van der Waals surface area contributed by atoms with Gasteiger partial charge in [-0.1, -0.05) is 44.2 Å². The predicted octanol–water partition coefficient (Wildman–Crippen LogP) is -1.50. The Kier molecular flexibility index (Phi) is 13.7. The number of aliphatic hydroxyl groups excluding tert-OH is 1. The highest BCUT2D eigenvalue weighted by molar-refractivity contribution is 5.96. The molecule has 0 unspecified atom stereocenters. The summed E-state index contributed by atoms with van der Waals surface area (Å²) in [7, 11) is 0. The number of rotatable bonds is 16. The predicted molar refractivity (Wildman–Crippen MR) is 143 cm³/mol. The summed E-state index contributed by atoms with van der Waals surface area (Å²) in [6, 6.07) is 1.62. The van der Waals surface area contributed by atoms with Gasteiger partial charge in [-0.3, -0.25) is 24.0 Å². The van der Waals surface area contributed by atoms with Crippen LogP contribution in [0.15, 0.2) is 30.3 Å². The van der Waals surface area contributed by atoms with Crippen LogP contribution < -0.4 is 27.0 Å². The van der Waals surface area contributed by atoms with Gasteiger partial charge in [-0.15, -0.1) is 0 Å². The van der Waals surface area contributed by atoms with E-state index in [0.29, 0.717) is 12.0 Å². The molecule has 1 aromatic rings. The average Bonchev–Trinajstić information content (AvgIpc) is 2.85. The van der Waals surface area contributed by atoms with E-state index in [4.69, 9.17) is 5.73 Å². The second-order valence-corrected chi connectivity index (χ2v) is 9.94. The van der Waals surface area contributed by atoms with Crippen molar-refractivity contribution >= 4 is 35.6 Å². The normalized spacial score (nSPS) is 15.5. The lowest BCUT2D eigenvalue weighted by atomic mass is 10.0. The third-order valence-corrected chi connectivity index (χ3v) is 5.79. The summed E-state index contributed by atoms with van der Waals surface area (Å²) in [6.45, 7) is 6.21. The number of aliphatic hydroxyl groups is 1. The second kappa shape index (κ2) is 16.2. The molecule has 0 saturated carbocycles. The highest BCUT2D eigenvalue weighted by atomic mass is 16.4. The summed E-state index contributed by atoms with van der Waals surface area (Å²) >= 11 is 0. The van der Waals surface area contributed by atoms with Gasteiger partial charge in [0, 0.05) is 6.42 Å². The summed E-state index contributed by atoms with van der Waals surface area (Å²) in [5.41, 5.74) is 6.42. The van der Waals surface area contributed by atoms with E-state index in [-0.39, 0.29) is 12.3 Å².